The van der Waals surface area contributed by atoms with Crippen molar-refractivity contribution in [1.82, 2.24) is 4.98 Å². The van der Waals surface area contributed by atoms with Gasteiger partial charge in [-0.15, -0.1) is 0 Å². The van der Waals surface area contributed by atoms with Crippen molar-refractivity contribution < 1.29 is 14.3 Å². The number of nitrogens with zero attached hydrogens (tertiary/aromatic N) is 1. The van der Waals surface area contributed by atoms with Crippen LogP contribution in [-0.4, -0.2) is 25.2 Å². The van der Waals surface area contributed by atoms with Crippen LogP contribution in [-0.2, 0) is 4.74 Å². The van der Waals surface area contributed by atoms with Gasteiger partial charge >= 0.3 is 5.97 Å². The van der Waals surface area contributed by atoms with E-state index in [4.69, 9.17) is 16.3 Å². The SMILES string of the molecule is COC(=O)c1cc(Cl)c(OC)c(C)n1. The summed E-state index contributed by atoms with van der Waals surface area (Å²) in [5.74, 6) is -0.0445. The second kappa shape index (κ2) is 4.28. The van der Waals surface area contributed by atoms with Crippen molar-refractivity contribution >= 4 is 17.6 Å². The van der Waals surface area contributed by atoms with Gasteiger partial charge in [0.15, 0.2) is 5.75 Å². The van der Waals surface area contributed by atoms with Gasteiger partial charge in [0.1, 0.15) is 5.69 Å². The molecule has 0 saturated carbocycles. The van der Waals surface area contributed by atoms with E-state index in [1.54, 1.807) is 6.92 Å². The molecule has 0 fully saturated rings. The molecule has 14 heavy (non-hydrogen) atoms. The smallest absolute Gasteiger partial charge is 0.356 e. The summed E-state index contributed by atoms with van der Waals surface area (Å²) in [6, 6.07) is 1.42. The highest BCUT2D eigenvalue weighted by molar-refractivity contribution is 6.32. The van der Waals surface area contributed by atoms with Gasteiger partial charge in [0.05, 0.1) is 24.9 Å². The number of hydrogen-bond acceptors (Lipinski definition) is 4. The van der Waals surface area contributed by atoms with Crippen molar-refractivity contribution in [2.75, 3.05) is 14.2 Å². The first-order valence-electron chi connectivity index (χ1n) is 3.89. The fraction of sp³-hybridized carbons (Fsp3) is 0.333. The van der Waals surface area contributed by atoms with E-state index in [-0.39, 0.29) is 5.69 Å². The number of aryl methyl sites for hydroxylation is 1. The minimum atomic E-state index is -0.516. The van der Waals surface area contributed by atoms with E-state index in [1.165, 1.54) is 20.3 Å². The average Bonchev–Trinajstić information content (AvgIpc) is 2.16. The summed E-state index contributed by atoms with van der Waals surface area (Å²) in [6.07, 6.45) is 0. The van der Waals surface area contributed by atoms with Gasteiger partial charge in [-0.3, -0.25) is 0 Å². The fourth-order valence-electron chi connectivity index (χ4n) is 1.08. The lowest BCUT2D eigenvalue weighted by molar-refractivity contribution is 0.0593. The van der Waals surface area contributed by atoms with Crippen LogP contribution in [0.25, 0.3) is 0 Å². The number of hydrogen-bond donors (Lipinski definition) is 0. The fourth-order valence-corrected chi connectivity index (χ4v) is 1.39. The van der Waals surface area contributed by atoms with Gasteiger partial charge < -0.3 is 9.47 Å². The molecule has 5 heteroatoms. The molecule has 0 atom stereocenters. The highest BCUT2D eigenvalue weighted by Gasteiger charge is 2.13. The third kappa shape index (κ3) is 1.96. The maximum atomic E-state index is 11.1. The van der Waals surface area contributed by atoms with E-state index >= 15 is 0 Å². The minimum Gasteiger partial charge on any atom is -0.493 e. The van der Waals surface area contributed by atoms with Crippen molar-refractivity contribution in [3.05, 3.63) is 22.5 Å². The van der Waals surface area contributed by atoms with E-state index in [0.29, 0.717) is 16.5 Å². The molecule has 1 aromatic rings. The molecule has 0 unspecified atom stereocenters. The average molecular weight is 216 g/mol. The summed E-state index contributed by atoms with van der Waals surface area (Å²) in [4.78, 5) is 15.1. The van der Waals surface area contributed by atoms with Crippen LogP contribution >= 0.6 is 11.6 Å². The molecule has 0 aliphatic rings. The number of esters is 1. The Hall–Kier alpha value is -1.29. The predicted octanol–water partition coefficient (Wildman–Crippen LogP) is 1.84. The van der Waals surface area contributed by atoms with E-state index in [2.05, 4.69) is 9.72 Å². The number of ether oxygens (including phenoxy) is 2. The molecule has 0 aromatic carbocycles. The van der Waals surface area contributed by atoms with Gasteiger partial charge in [0, 0.05) is 0 Å². The normalized spacial score (nSPS) is 9.71. The summed E-state index contributed by atoms with van der Waals surface area (Å²) in [7, 11) is 2.78. The van der Waals surface area contributed by atoms with E-state index in [1.807, 2.05) is 0 Å². The Balaban J connectivity index is 3.20. The Morgan fingerprint density at radius 2 is 2.14 bits per heavy atom. The first-order chi connectivity index (χ1) is 6.60. The third-order valence-electron chi connectivity index (χ3n) is 1.70. The maximum absolute atomic E-state index is 11.1. The van der Waals surface area contributed by atoms with Gasteiger partial charge in [0.2, 0.25) is 0 Å². The third-order valence-corrected chi connectivity index (χ3v) is 1.98. The van der Waals surface area contributed by atoms with Gasteiger partial charge in [-0.25, -0.2) is 9.78 Å². The summed E-state index contributed by atoms with van der Waals surface area (Å²) in [5, 5.41) is 0.348. The highest BCUT2D eigenvalue weighted by atomic mass is 35.5. The Kier molecular flexibility index (Phi) is 3.30. The van der Waals surface area contributed by atoms with Gasteiger partial charge in [-0.05, 0) is 13.0 Å². The van der Waals surface area contributed by atoms with Crippen molar-refractivity contribution in [3.63, 3.8) is 0 Å². The highest BCUT2D eigenvalue weighted by Crippen LogP contribution is 2.27. The molecule has 0 bridgehead atoms. The van der Waals surface area contributed by atoms with Crippen LogP contribution in [0, 0.1) is 6.92 Å². The number of methoxy groups -OCH3 is 2. The van der Waals surface area contributed by atoms with Crippen LogP contribution in [0.5, 0.6) is 5.75 Å². The zero-order valence-electron chi connectivity index (χ0n) is 8.13. The van der Waals surface area contributed by atoms with Crippen molar-refractivity contribution in [1.29, 1.82) is 0 Å². The molecular formula is C9H10ClNO3. The lowest BCUT2D eigenvalue weighted by Gasteiger charge is -2.07. The zero-order chi connectivity index (χ0) is 10.7. The number of pyridine rings is 1. The molecule has 0 aliphatic heterocycles. The summed E-state index contributed by atoms with van der Waals surface area (Å²) in [6.45, 7) is 1.71. The quantitative estimate of drug-likeness (QED) is 0.707. The van der Waals surface area contributed by atoms with Crippen molar-refractivity contribution in [2.24, 2.45) is 0 Å². The van der Waals surface area contributed by atoms with Crippen LogP contribution in [0.15, 0.2) is 6.07 Å². The van der Waals surface area contributed by atoms with Crippen LogP contribution < -0.4 is 4.74 Å². The predicted molar refractivity (Wildman–Crippen MR) is 51.9 cm³/mol. The van der Waals surface area contributed by atoms with Gasteiger partial charge in [0.25, 0.3) is 0 Å². The van der Waals surface area contributed by atoms with E-state index < -0.39 is 5.97 Å². The Morgan fingerprint density at radius 1 is 1.50 bits per heavy atom. The maximum Gasteiger partial charge on any atom is 0.356 e. The molecule has 1 aromatic heterocycles. The lowest BCUT2D eigenvalue weighted by Crippen LogP contribution is -2.06. The summed E-state index contributed by atoms with van der Waals surface area (Å²) in [5.41, 5.74) is 0.733. The number of aromatic nitrogens is 1. The molecule has 0 N–H and O–H groups in total. The van der Waals surface area contributed by atoms with Crippen LogP contribution in [0.1, 0.15) is 16.2 Å². The Labute approximate surface area is 86.8 Å². The van der Waals surface area contributed by atoms with E-state index in [0.717, 1.165) is 0 Å². The largest absolute Gasteiger partial charge is 0.493 e. The number of rotatable bonds is 2. The molecule has 0 spiro atoms. The summed E-state index contributed by atoms with van der Waals surface area (Å²) < 4.78 is 9.52. The number of carbonyl (C=O) groups excluding carboxylic acids is 1. The molecule has 1 rings (SSSR count). The molecule has 76 valence electrons. The van der Waals surface area contributed by atoms with Crippen LogP contribution in [0.3, 0.4) is 0 Å². The van der Waals surface area contributed by atoms with Crippen LogP contribution in [0.2, 0.25) is 5.02 Å². The molecular weight excluding hydrogens is 206 g/mol. The van der Waals surface area contributed by atoms with Gasteiger partial charge in [-0.2, -0.15) is 0 Å². The monoisotopic (exact) mass is 215 g/mol. The molecule has 4 nitrogen and oxygen atoms in total. The standard InChI is InChI=1S/C9H10ClNO3/c1-5-8(13-2)6(10)4-7(11-5)9(12)14-3/h4H,1-3H3. The molecule has 1 heterocycles. The van der Waals surface area contributed by atoms with Crippen molar-refractivity contribution in [2.45, 2.75) is 6.92 Å². The first kappa shape index (κ1) is 10.8. The zero-order valence-corrected chi connectivity index (χ0v) is 8.88. The molecule has 0 aliphatic carbocycles. The minimum absolute atomic E-state index is 0.177. The molecule has 0 saturated heterocycles. The van der Waals surface area contributed by atoms with E-state index in [9.17, 15) is 4.79 Å². The second-order valence-electron chi connectivity index (χ2n) is 2.60. The van der Waals surface area contributed by atoms with Gasteiger partial charge in [-0.1, -0.05) is 11.6 Å². The first-order valence-corrected chi connectivity index (χ1v) is 4.27. The van der Waals surface area contributed by atoms with Crippen LogP contribution in [0.4, 0.5) is 0 Å². The Morgan fingerprint density at radius 3 is 2.57 bits per heavy atom. The lowest BCUT2D eigenvalue weighted by atomic mass is 10.3. The van der Waals surface area contributed by atoms with Crippen molar-refractivity contribution in [3.8, 4) is 5.75 Å². The number of halogens is 1. The number of carbonyl (C=O) groups is 1. The second-order valence-corrected chi connectivity index (χ2v) is 3.01. The molecule has 0 radical (unpaired) electrons. The Bertz CT molecular complexity index is 342. The summed E-state index contributed by atoms with van der Waals surface area (Å²) >= 11 is 5.86. The molecule has 0 amide bonds. The topological polar surface area (TPSA) is 48.4 Å².